The van der Waals surface area contributed by atoms with E-state index in [1.54, 1.807) is 0 Å². The van der Waals surface area contributed by atoms with Gasteiger partial charge < -0.3 is 15.0 Å². The maximum Gasteiger partial charge on any atom is 0.226 e. The van der Waals surface area contributed by atoms with Gasteiger partial charge in [0.1, 0.15) is 11.9 Å². The van der Waals surface area contributed by atoms with Gasteiger partial charge in [-0.25, -0.2) is 0 Å². The van der Waals surface area contributed by atoms with E-state index in [0.717, 1.165) is 54.4 Å². The second-order valence-electron chi connectivity index (χ2n) is 9.76. The molecule has 2 aromatic carbocycles. The van der Waals surface area contributed by atoms with E-state index >= 15 is 0 Å². The number of carbonyl (C=O) groups is 1. The van der Waals surface area contributed by atoms with E-state index in [4.69, 9.17) is 4.74 Å². The fourth-order valence-electron chi connectivity index (χ4n) is 4.18. The minimum Gasteiger partial charge on any atom is -0.490 e. The van der Waals surface area contributed by atoms with E-state index in [2.05, 4.69) is 36.3 Å². The van der Waals surface area contributed by atoms with Crippen molar-refractivity contribution < 1.29 is 9.53 Å². The number of nitrogens with zero attached hydrogens (tertiary/aromatic N) is 1. The number of nitrogens with one attached hydrogen (secondary N) is 1. The molecular formula is C28H40N2O2. The van der Waals surface area contributed by atoms with E-state index < -0.39 is 0 Å². The SMILES string of the molecule is CC(C)C(=O)Nc1ccc(-c2ccc(OC3CCN(C)CC3)cc2)cc1.CC1CCCC1. The lowest BCUT2D eigenvalue weighted by molar-refractivity contribution is -0.118. The Morgan fingerprint density at radius 1 is 0.906 bits per heavy atom. The van der Waals surface area contributed by atoms with Crippen LogP contribution in [0.15, 0.2) is 48.5 Å². The van der Waals surface area contributed by atoms with Gasteiger partial charge >= 0.3 is 0 Å². The number of hydrogen-bond acceptors (Lipinski definition) is 3. The number of carbonyl (C=O) groups excluding carboxylic acids is 1. The van der Waals surface area contributed by atoms with Gasteiger partial charge in [0.2, 0.25) is 5.91 Å². The average molecular weight is 437 g/mol. The van der Waals surface area contributed by atoms with Gasteiger partial charge in [-0.2, -0.15) is 0 Å². The topological polar surface area (TPSA) is 41.6 Å². The Balaban J connectivity index is 0.000000416. The highest BCUT2D eigenvalue weighted by atomic mass is 16.5. The summed E-state index contributed by atoms with van der Waals surface area (Å²) in [6, 6.07) is 16.2. The third kappa shape index (κ3) is 7.67. The highest BCUT2D eigenvalue weighted by Crippen LogP contribution is 2.26. The number of piperidine rings is 1. The third-order valence-electron chi connectivity index (χ3n) is 6.48. The zero-order chi connectivity index (χ0) is 22.9. The largest absolute Gasteiger partial charge is 0.490 e. The Morgan fingerprint density at radius 2 is 1.44 bits per heavy atom. The molecule has 1 heterocycles. The van der Waals surface area contributed by atoms with Crippen LogP contribution in [-0.4, -0.2) is 37.0 Å². The molecule has 2 aliphatic rings. The zero-order valence-corrected chi connectivity index (χ0v) is 20.3. The van der Waals surface area contributed by atoms with Gasteiger partial charge in [0.05, 0.1) is 0 Å². The first-order valence-electron chi connectivity index (χ1n) is 12.3. The lowest BCUT2D eigenvalue weighted by Crippen LogP contribution is -2.35. The number of amides is 1. The molecule has 0 spiro atoms. The monoisotopic (exact) mass is 436 g/mol. The van der Waals surface area contributed by atoms with Crippen LogP contribution < -0.4 is 10.1 Å². The second-order valence-corrected chi connectivity index (χ2v) is 9.76. The van der Waals surface area contributed by atoms with Crippen molar-refractivity contribution in [2.24, 2.45) is 11.8 Å². The molecule has 0 bridgehead atoms. The number of rotatable bonds is 5. The van der Waals surface area contributed by atoms with Crippen molar-refractivity contribution in [3.05, 3.63) is 48.5 Å². The van der Waals surface area contributed by atoms with Crippen LogP contribution in [0.4, 0.5) is 5.69 Å². The van der Waals surface area contributed by atoms with E-state index in [1.807, 2.05) is 50.2 Å². The van der Waals surface area contributed by atoms with Gasteiger partial charge in [-0.05, 0) is 61.2 Å². The Morgan fingerprint density at radius 3 is 1.91 bits per heavy atom. The summed E-state index contributed by atoms with van der Waals surface area (Å²) in [4.78, 5) is 14.1. The van der Waals surface area contributed by atoms with Crippen molar-refractivity contribution in [1.29, 1.82) is 0 Å². The lowest BCUT2D eigenvalue weighted by Gasteiger charge is -2.29. The fraction of sp³-hybridized carbons (Fsp3) is 0.536. The van der Waals surface area contributed by atoms with Crippen LogP contribution in [0.3, 0.4) is 0 Å². The van der Waals surface area contributed by atoms with E-state index in [-0.39, 0.29) is 11.8 Å². The van der Waals surface area contributed by atoms with Crippen molar-refractivity contribution in [2.45, 2.75) is 65.4 Å². The van der Waals surface area contributed by atoms with Gasteiger partial charge in [-0.15, -0.1) is 0 Å². The Kier molecular flexibility index (Phi) is 9.16. The first-order chi connectivity index (χ1) is 15.4. The van der Waals surface area contributed by atoms with E-state index in [1.165, 1.54) is 25.7 Å². The minimum atomic E-state index is -0.0215. The molecule has 4 heteroatoms. The van der Waals surface area contributed by atoms with Crippen molar-refractivity contribution in [3.63, 3.8) is 0 Å². The molecule has 1 saturated heterocycles. The van der Waals surface area contributed by atoms with E-state index in [9.17, 15) is 4.79 Å². The summed E-state index contributed by atoms with van der Waals surface area (Å²) in [6.07, 6.45) is 8.44. The highest BCUT2D eigenvalue weighted by Gasteiger charge is 2.18. The normalized spacial score (nSPS) is 17.7. The molecule has 4 nitrogen and oxygen atoms in total. The minimum absolute atomic E-state index is 0.0215. The van der Waals surface area contributed by atoms with Gasteiger partial charge in [0, 0.05) is 24.7 Å². The van der Waals surface area contributed by atoms with Crippen LogP contribution in [0.5, 0.6) is 5.75 Å². The number of hydrogen-bond donors (Lipinski definition) is 1. The maximum atomic E-state index is 11.8. The molecule has 1 N–H and O–H groups in total. The molecule has 0 unspecified atom stereocenters. The zero-order valence-electron chi connectivity index (χ0n) is 20.3. The first-order valence-corrected chi connectivity index (χ1v) is 12.3. The van der Waals surface area contributed by atoms with Crippen molar-refractivity contribution in [1.82, 2.24) is 4.90 Å². The molecule has 0 atom stereocenters. The fourth-order valence-corrected chi connectivity index (χ4v) is 4.18. The van der Waals surface area contributed by atoms with Gasteiger partial charge in [0.25, 0.3) is 0 Å². The molecule has 1 amide bonds. The Hall–Kier alpha value is -2.33. The maximum absolute atomic E-state index is 11.8. The number of anilines is 1. The molecule has 1 aliphatic carbocycles. The molecular weight excluding hydrogens is 396 g/mol. The molecule has 0 aromatic heterocycles. The number of benzene rings is 2. The standard InChI is InChI=1S/C22H28N2O2.C6H12/c1-16(2)22(25)23-19-8-4-17(5-9-19)18-6-10-20(11-7-18)26-21-12-14-24(3)15-13-21;1-6-4-2-3-5-6/h4-11,16,21H,12-15H2,1-3H3,(H,23,25);6H,2-5H2,1H3. The quantitative estimate of drug-likeness (QED) is 0.573. The number of ether oxygens (including phenoxy) is 1. The smallest absolute Gasteiger partial charge is 0.226 e. The van der Waals surface area contributed by atoms with Crippen LogP contribution in [0, 0.1) is 11.8 Å². The Bertz CT molecular complexity index is 816. The predicted molar refractivity (Wildman–Crippen MR) is 134 cm³/mol. The molecule has 0 radical (unpaired) electrons. The summed E-state index contributed by atoms with van der Waals surface area (Å²) in [5.74, 6) is 1.99. The third-order valence-corrected chi connectivity index (χ3v) is 6.48. The summed E-state index contributed by atoms with van der Waals surface area (Å²) >= 11 is 0. The molecule has 174 valence electrons. The predicted octanol–water partition coefficient (Wildman–Crippen LogP) is 6.62. The van der Waals surface area contributed by atoms with Crippen LogP contribution in [-0.2, 0) is 4.79 Å². The summed E-state index contributed by atoms with van der Waals surface area (Å²) in [7, 11) is 2.16. The van der Waals surface area contributed by atoms with Crippen LogP contribution >= 0.6 is 0 Å². The molecule has 4 rings (SSSR count). The summed E-state index contributed by atoms with van der Waals surface area (Å²) in [5.41, 5.74) is 3.09. The molecule has 1 aliphatic heterocycles. The Labute approximate surface area is 194 Å². The van der Waals surface area contributed by atoms with Crippen molar-refractivity contribution >= 4 is 11.6 Å². The molecule has 2 aromatic rings. The molecule has 1 saturated carbocycles. The summed E-state index contributed by atoms with van der Waals surface area (Å²) < 4.78 is 6.11. The van der Waals surface area contributed by atoms with E-state index in [0.29, 0.717) is 6.10 Å². The lowest BCUT2D eigenvalue weighted by atomic mass is 10.0. The van der Waals surface area contributed by atoms with Crippen LogP contribution in [0.25, 0.3) is 11.1 Å². The summed E-state index contributed by atoms with van der Waals surface area (Å²) in [5, 5.41) is 2.92. The average Bonchev–Trinajstić information content (AvgIpc) is 3.28. The van der Waals surface area contributed by atoms with Crippen molar-refractivity contribution in [3.8, 4) is 16.9 Å². The molecule has 2 fully saturated rings. The van der Waals surface area contributed by atoms with Gasteiger partial charge in [-0.1, -0.05) is 70.7 Å². The second kappa shape index (κ2) is 12.1. The number of likely N-dealkylation sites (tertiary alicyclic amines) is 1. The van der Waals surface area contributed by atoms with Gasteiger partial charge in [-0.3, -0.25) is 4.79 Å². The van der Waals surface area contributed by atoms with Gasteiger partial charge in [0.15, 0.2) is 0 Å². The summed E-state index contributed by atoms with van der Waals surface area (Å²) in [6.45, 7) is 8.32. The first kappa shape index (κ1) is 24.3. The molecule has 32 heavy (non-hydrogen) atoms. The van der Waals surface area contributed by atoms with Crippen molar-refractivity contribution in [2.75, 3.05) is 25.5 Å². The van der Waals surface area contributed by atoms with Crippen LogP contribution in [0.1, 0.15) is 59.3 Å². The highest BCUT2D eigenvalue weighted by molar-refractivity contribution is 5.92. The van der Waals surface area contributed by atoms with Crippen LogP contribution in [0.2, 0.25) is 0 Å².